The molecule has 29 atom stereocenters. The Bertz CT molecular complexity index is 2300. The van der Waals surface area contributed by atoms with Crippen LogP contribution in [0.1, 0.15) is 0 Å². The minimum atomic E-state index is -5.51. The van der Waals surface area contributed by atoms with Crippen molar-refractivity contribution in [3.8, 4) is 0 Å². The lowest BCUT2D eigenvalue weighted by molar-refractivity contribution is -0.376. The number of hydrogen-bond donors (Lipinski definition) is 14. The van der Waals surface area contributed by atoms with Crippen LogP contribution in [-0.2, 0) is 110 Å². The molecule has 14 N–H and O–H groups in total. The summed E-state index contributed by atoms with van der Waals surface area (Å²) in [6.45, 7) is -4.67. The summed E-state index contributed by atoms with van der Waals surface area (Å²) < 4.78 is 187. The Kier molecular flexibility index (Phi) is 19.1. The molecule has 0 aromatic heterocycles. The maximum absolute atomic E-state index is 12.1. The number of fused-ring (bicyclic) bond motifs is 6. The van der Waals surface area contributed by atoms with E-state index in [-0.39, 0.29) is 12.9 Å². The average Bonchev–Trinajstić information content (AvgIpc) is 3.96. The van der Waals surface area contributed by atoms with Crippen LogP contribution in [0.5, 0.6) is 0 Å². The molecule has 8 fully saturated rings. The molecule has 40 heteroatoms. The largest absolute Gasteiger partial charge is 0.397 e. The summed E-state index contributed by atoms with van der Waals surface area (Å²) in [6.07, 6.45) is -54.6. The second kappa shape index (κ2) is 24.0. The van der Waals surface area contributed by atoms with E-state index in [1.165, 1.54) is 0 Å². The van der Waals surface area contributed by atoms with Crippen molar-refractivity contribution in [2.24, 2.45) is 0 Å². The molecule has 8 rings (SSSR count). The van der Waals surface area contributed by atoms with Gasteiger partial charge in [0, 0.05) is 0 Å². The molecule has 0 saturated carbocycles. The maximum atomic E-state index is 12.1. The first-order valence-electron chi connectivity index (χ1n) is 22.7. The molecule has 0 radical (unpaired) electrons. The van der Waals surface area contributed by atoms with E-state index in [1.807, 2.05) is 0 Å². The number of hydrogen-bond acceptors (Lipinski definition) is 34. The number of aliphatic hydroxyl groups excluding tert-OH is 11. The van der Waals surface area contributed by atoms with Gasteiger partial charge >= 0.3 is 31.2 Å². The summed E-state index contributed by atoms with van der Waals surface area (Å²) in [4.78, 5) is 11.6. The molecule has 0 aromatic rings. The molecule has 8 aliphatic heterocycles. The SMILES string of the molecule is O=C[C@H](O)[C@@H](O[C@H]1O[C@@H]2CO[C@H]([C@H]1O)[C@H]2O[C@@H]1O[C@H](CO)[C@H](OS(=O)(=O)O)[C@H](O[C@H]2O[C@@H]3CO[C@H]([C@H]2O)[C@H]3O[C@@H]2O[C@H](CO)[C@H](OS(=O)(=O)O)[C@H](O[C@H]3O[C@@H]4CO[C@@H]([C@H]4O)[C@H]3O)[C@H]2O)[C@H]1O)[C@@H](OS(=O)(=O)O)[C@H](O)CO. The van der Waals surface area contributed by atoms with E-state index in [2.05, 4.69) is 4.18 Å². The highest BCUT2D eigenvalue weighted by Gasteiger charge is 2.62. The Balaban J connectivity index is 0.972. The Labute approximate surface area is 428 Å². The van der Waals surface area contributed by atoms with Gasteiger partial charge in [0.2, 0.25) is 0 Å². The van der Waals surface area contributed by atoms with Crippen LogP contribution < -0.4 is 0 Å². The Hall–Kier alpha value is -1.68. The van der Waals surface area contributed by atoms with Crippen molar-refractivity contribution in [2.45, 2.75) is 178 Å². The zero-order valence-electron chi connectivity index (χ0n) is 38.4. The normalized spacial score (nSPS) is 46.3. The van der Waals surface area contributed by atoms with Gasteiger partial charge in [-0.05, 0) is 0 Å². The third-order valence-electron chi connectivity index (χ3n) is 13.3. The number of ether oxygens (including phenoxy) is 13. The zero-order valence-corrected chi connectivity index (χ0v) is 40.9. The molecule has 76 heavy (non-hydrogen) atoms. The van der Waals surface area contributed by atoms with Gasteiger partial charge in [0.25, 0.3) is 0 Å². The van der Waals surface area contributed by atoms with Crippen molar-refractivity contribution in [2.75, 3.05) is 39.6 Å². The summed E-state index contributed by atoms with van der Waals surface area (Å²) >= 11 is 0. The topological polar surface area (TPSA) is 550 Å². The van der Waals surface area contributed by atoms with Gasteiger partial charge < -0.3 is 123 Å². The van der Waals surface area contributed by atoms with Gasteiger partial charge in [-0.15, -0.1) is 0 Å². The molecule has 8 aliphatic rings. The fourth-order valence-electron chi connectivity index (χ4n) is 9.88. The number of carbonyl (C=O) groups is 1. The first kappa shape index (κ1) is 60.4. The van der Waals surface area contributed by atoms with Gasteiger partial charge in [0.05, 0.1) is 39.6 Å². The van der Waals surface area contributed by atoms with Crippen molar-refractivity contribution in [1.29, 1.82) is 0 Å². The summed E-state index contributed by atoms with van der Waals surface area (Å²) in [7, 11) is -16.4. The fourth-order valence-corrected chi connectivity index (χ4v) is 11.4. The van der Waals surface area contributed by atoms with Crippen LogP contribution in [-0.4, -0.2) is 319 Å². The maximum Gasteiger partial charge on any atom is 0.397 e. The predicted molar refractivity (Wildman–Crippen MR) is 222 cm³/mol. The molecule has 0 amide bonds. The van der Waals surface area contributed by atoms with E-state index in [4.69, 9.17) is 69.9 Å². The minimum Gasteiger partial charge on any atom is -0.394 e. The van der Waals surface area contributed by atoms with Gasteiger partial charge in [-0.1, -0.05) is 0 Å². The summed E-state index contributed by atoms with van der Waals surface area (Å²) in [5, 5.41) is 118. The van der Waals surface area contributed by atoms with Gasteiger partial charge in [0.1, 0.15) is 146 Å². The summed E-state index contributed by atoms with van der Waals surface area (Å²) in [6, 6.07) is 0. The monoisotopic (exact) mass is 1180 g/mol. The van der Waals surface area contributed by atoms with Crippen molar-refractivity contribution >= 4 is 37.5 Å². The van der Waals surface area contributed by atoms with E-state index in [1.54, 1.807) is 0 Å². The molecule has 0 unspecified atom stereocenters. The van der Waals surface area contributed by atoms with E-state index in [0.717, 1.165) is 0 Å². The lowest BCUT2D eigenvalue weighted by atomic mass is 9.96. The smallest absolute Gasteiger partial charge is 0.394 e. The number of aliphatic hydroxyl groups is 11. The van der Waals surface area contributed by atoms with E-state index < -0.39 is 242 Å². The third kappa shape index (κ3) is 13.0. The van der Waals surface area contributed by atoms with Crippen LogP contribution in [0.3, 0.4) is 0 Å². The molecule has 440 valence electrons. The van der Waals surface area contributed by atoms with Crippen molar-refractivity contribution in [1.82, 2.24) is 0 Å². The van der Waals surface area contributed by atoms with E-state index in [9.17, 15) is 99.9 Å². The van der Waals surface area contributed by atoms with Crippen LogP contribution in [0.4, 0.5) is 0 Å². The highest BCUT2D eigenvalue weighted by atomic mass is 32.3. The molecular formula is C36H56O37S3. The molecule has 0 aromatic carbocycles. The molecule has 37 nitrogen and oxygen atoms in total. The lowest BCUT2D eigenvalue weighted by Gasteiger charge is -2.48. The lowest BCUT2D eigenvalue weighted by Crippen LogP contribution is -2.67. The van der Waals surface area contributed by atoms with Gasteiger partial charge in [-0.2, -0.15) is 25.3 Å². The second-order valence-electron chi connectivity index (χ2n) is 18.3. The average molecular weight is 1180 g/mol. The van der Waals surface area contributed by atoms with Crippen molar-refractivity contribution in [3.05, 3.63) is 0 Å². The first-order valence-corrected chi connectivity index (χ1v) is 26.8. The molecule has 8 heterocycles. The van der Waals surface area contributed by atoms with Gasteiger partial charge in [-0.3, -0.25) is 13.7 Å². The van der Waals surface area contributed by atoms with Gasteiger partial charge in [-0.25, -0.2) is 12.5 Å². The van der Waals surface area contributed by atoms with Crippen LogP contribution in [0.2, 0.25) is 0 Å². The quantitative estimate of drug-likeness (QED) is 0.0334. The van der Waals surface area contributed by atoms with Gasteiger partial charge in [0.15, 0.2) is 37.7 Å². The first-order chi connectivity index (χ1) is 35.6. The summed E-state index contributed by atoms with van der Waals surface area (Å²) in [5.41, 5.74) is 0. The van der Waals surface area contributed by atoms with Crippen LogP contribution in [0.25, 0.3) is 0 Å². The predicted octanol–water partition coefficient (Wildman–Crippen LogP) is -11.6. The summed E-state index contributed by atoms with van der Waals surface area (Å²) in [5.74, 6) is 0. The van der Waals surface area contributed by atoms with Crippen molar-refractivity contribution < 1.29 is 174 Å². The fraction of sp³-hybridized carbons (Fsp3) is 0.972. The minimum absolute atomic E-state index is 0.202. The number of carbonyl (C=O) groups excluding carboxylic acids is 1. The van der Waals surface area contributed by atoms with Crippen LogP contribution in [0, 0.1) is 0 Å². The highest BCUT2D eigenvalue weighted by molar-refractivity contribution is 7.81. The Morgan fingerprint density at radius 1 is 0.474 bits per heavy atom. The van der Waals surface area contributed by atoms with Crippen LogP contribution in [0.15, 0.2) is 0 Å². The zero-order chi connectivity index (χ0) is 55.5. The molecule has 0 aliphatic carbocycles. The van der Waals surface area contributed by atoms with E-state index >= 15 is 0 Å². The van der Waals surface area contributed by atoms with Crippen LogP contribution >= 0.6 is 0 Å². The third-order valence-corrected chi connectivity index (χ3v) is 14.7. The molecular weight excluding hydrogens is 1120 g/mol. The molecule has 6 bridgehead atoms. The standard InChI is InChI=1S/C36H56O37S3/c37-1-8(41)21(22(9(42)2-38)71-74(49,50)51)66-33-17(45)28-23(13(64-33)6-59-28)67-36-20(48)31(26(11(4-40)62-36)73-76(55,56)57)70-34-18(46)29-24(14(65-34)7-60-29)68-35-19(47)30(25(10(3-39)61-35)72-75(52,53)54)69-32-16(44)27-15(43)12(63-32)5-58-27/h1,8-36,38-48H,2-7H2,(H,49,50,51)(H,52,53,54)(H,55,56,57)/t8-,9+,10+,11+,12+,13+,14+,15-,16+,17+,18+,19+,20+,21+,22-,23-,24-,25-,26-,27-,28+,29+,30+,31+,32+,33+,34+,35-,36-/m0/s1. The number of rotatable bonds is 23. The Morgan fingerprint density at radius 3 is 1.30 bits per heavy atom. The highest BCUT2D eigenvalue weighted by Crippen LogP contribution is 2.41. The van der Waals surface area contributed by atoms with E-state index in [0.29, 0.717) is 0 Å². The Morgan fingerprint density at radius 2 is 0.868 bits per heavy atom. The van der Waals surface area contributed by atoms with Crippen molar-refractivity contribution in [3.63, 3.8) is 0 Å². The number of aldehydes is 1. The molecule has 0 spiro atoms. The molecule has 8 saturated heterocycles. The second-order valence-corrected chi connectivity index (χ2v) is 21.4.